The van der Waals surface area contributed by atoms with Crippen LogP contribution in [0.3, 0.4) is 0 Å². The lowest BCUT2D eigenvalue weighted by Crippen LogP contribution is -2.51. The third-order valence-corrected chi connectivity index (χ3v) is 2.17. The summed E-state index contributed by atoms with van der Waals surface area (Å²) < 4.78 is 5.08. The van der Waals surface area contributed by atoms with E-state index in [0.717, 1.165) is 0 Å². The molecule has 1 fully saturated rings. The van der Waals surface area contributed by atoms with Gasteiger partial charge in [0.2, 0.25) is 0 Å². The number of aliphatic carboxylic acids is 1. The lowest BCUT2D eigenvalue weighted by atomic mass is 10.2. The van der Waals surface area contributed by atoms with E-state index in [4.69, 9.17) is 15.1 Å². The van der Waals surface area contributed by atoms with Crippen LogP contribution in [0.4, 0.5) is 0 Å². The summed E-state index contributed by atoms with van der Waals surface area (Å²) in [5.74, 6) is -0.901. The molecule has 13 heavy (non-hydrogen) atoms. The topological polar surface area (TPSA) is 73.6 Å². The Hall–Kier alpha value is -1.12. The summed E-state index contributed by atoms with van der Waals surface area (Å²) >= 11 is 0. The SMILES string of the molecule is CC(C(=O)O)N1CCOCC1C#N. The normalized spacial score (nSPS) is 26.3. The van der Waals surface area contributed by atoms with Gasteiger partial charge in [-0.25, -0.2) is 0 Å². The molecule has 0 aromatic heterocycles. The predicted molar refractivity (Wildman–Crippen MR) is 44.0 cm³/mol. The van der Waals surface area contributed by atoms with Crippen molar-refractivity contribution >= 4 is 5.97 Å². The lowest BCUT2D eigenvalue weighted by molar-refractivity contribution is -0.145. The zero-order valence-electron chi connectivity index (χ0n) is 7.43. The van der Waals surface area contributed by atoms with Crippen LogP contribution >= 0.6 is 0 Å². The number of carboxylic acid groups (broad SMARTS) is 1. The van der Waals surface area contributed by atoms with Crippen LogP contribution < -0.4 is 0 Å². The van der Waals surface area contributed by atoms with Crippen LogP contribution in [-0.2, 0) is 9.53 Å². The fraction of sp³-hybridized carbons (Fsp3) is 0.750. The Morgan fingerprint density at radius 1 is 1.85 bits per heavy atom. The quantitative estimate of drug-likeness (QED) is 0.637. The van der Waals surface area contributed by atoms with Crippen LogP contribution in [0, 0.1) is 11.3 Å². The second kappa shape index (κ2) is 4.21. The molecule has 0 radical (unpaired) electrons. The number of rotatable bonds is 2. The number of nitriles is 1. The first-order chi connectivity index (χ1) is 6.16. The van der Waals surface area contributed by atoms with Gasteiger partial charge in [-0.1, -0.05) is 0 Å². The first-order valence-electron chi connectivity index (χ1n) is 4.12. The number of nitrogens with zero attached hydrogens (tertiary/aromatic N) is 2. The number of hydrogen-bond donors (Lipinski definition) is 1. The van der Waals surface area contributed by atoms with Crippen LogP contribution in [0.15, 0.2) is 0 Å². The molecule has 72 valence electrons. The van der Waals surface area contributed by atoms with E-state index in [2.05, 4.69) is 0 Å². The van der Waals surface area contributed by atoms with Gasteiger partial charge >= 0.3 is 5.97 Å². The van der Waals surface area contributed by atoms with Crippen molar-refractivity contribution in [3.05, 3.63) is 0 Å². The first-order valence-corrected chi connectivity index (χ1v) is 4.12. The van der Waals surface area contributed by atoms with Crippen molar-refractivity contribution in [1.29, 1.82) is 5.26 Å². The number of hydrogen-bond acceptors (Lipinski definition) is 4. The van der Waals surface area contributed by atoms with E-state index in [9.17, 15) is 4.79 Å². The minimum atomic E-state index is -0.901. The van der Waals surface area contributed by atoms with Crippen LogP contribution in [0.1, 0.15) is 6.92 Å². The third kappa shape index (κ3) is 2.17. The molecule has 0 amide bonds. The Kier molecular flexibility index (Phi) is 3.23. The van der Waals surface area contributed by atoms with Gasteiger partial charge in [0.05, 0.1) is 19.3 Å². The van der Waals surface area contributed by atoms with Crippen molar-refractivity contribution in [3.63, 3.8) is 0 Å². The summed E-state index contributed by atoms with van der Waals surface area (Å²) in [6.45, 7) is 2.88. The molecule has 1 heterocycles. The molecular formula is C8H12N2O3. The van der Waals surface area contributed by atoms with Gasteiger partial charge in [0.25, 0.3) is 0 Å². The molecule has 0 aromatic carbocycles. The minimum absolute atomic E-state index is 0.300. The molecular weight excluding hydrogens is 172 g/mol. The van der Waals surface area contributed by atoms with Crippen LogP contribution in [-0.4, -0.2) is 47.8 Å². The maximum Gasteiger partial charge on any atom is 0.320 e. The predicted octanol–water partition coefficient (Wildman–Crippen LogP) is -0.316. The van der Waals surface area contributed by atoms with E-state index in [1.54, 1.807) is 11.8 Å². The molecule has 1 aliphatic rings. The number of morpholine rings is 1. The summed E-state index contributed by atoms with van der Waals surface area (Å²) in [5, 5.41) is 17.5. The highest BCUT2D eigenvalue weighted by molar-refractivity contribution is 5.73. The highest BCUT2D eigenvalue weighted by Gasteiger charge is 2.30. The highest BCUT2D eigenvalue weighted by atomic mass is 16.5. The Labute approximate surface area is 76.5 Å². The molecule has 5 nitrogen and oxygen atoms in total. The average molecular weight is 184 g/mol. The Bertz CT molecular complexity index is 236. The Balaban J connectivity index is 2.65. The van der Waals surface area contributed by atoms with Gasteiger partial charge in [-0.05, 0) is 6.92 Å². The van der Waals surface area contributed by atoms with E-state index in [1.165, 1.54) is 0 Å². The van der Waals surface area contributed by atoms with E-state index in [0.29, 0.717) is 19.8 Å². The molecule has 5 heteroatoms. The molecule has 1 aliphatic heterocycles. The molecule has 0 aromatic rings. The summed E-state index contributed by atoms with van der Waals surface area (Å²) in [4.78, 5) is 12.3. The van der Waals surface area contributed by atoms with Gasteiger partial charge in [-0.2, -0.15) is 5.26 Å². The monoisotopic (exact) mass is 184 g/mol. The zero-order valence-corrected chi connectivity index (χ0v) is 7.43. The molecule has 0 spiro atoms. The maximum absolute atomic E-state index is 10.7. The fourth-order valence-electron chi connectivity index (χ4n) is 1.33. The van der Waals surface area contributed by atoms with Crippen molar-refractivity contribution in [2.75, 3.05) is 19.8 Å². The summed E-state index contributed by atoms with van der Waals surface area (Å²) in [6.07, 6.45) is 0. The summed E-state index contributed by atoms with van der Waals surface area (Å²) in [7, 11) is 0. The molecule has 1 rings (SSSR count). The average Bonchev–Trinajstić information content (AvgIpc) is 2.16. The standard InChI is InChI=1S/C8H12N2O3/c1-6(8(11)12)10-2-3-13-5-7(10)4-9/h6-7H,2-3,5H2,1H3,(H,11,12). The van der Waals surface area contributed by atoms with Gasteiger partial charge in [0.15, 0.2) is 0 Å². The second-order valence-corrected chi connectivity index (χ2v) is 2.97. The number of carboxylic acids is 1. The van der Waals surface area contributed by atoms with E-state index in [1.807, 2.05) is 6.07 Å². The maximum atomic E-state index is 10.7. The first kappa shape index (κ1) is 9.96. The molecule has 1 saturated heterocycles. The number of carbonyl (C=O) groups is 1. The lowest BCUT2D eigenvalue weighted by Gasteiger charge is -2.33. The van der Waals surface area contributed by atoms with Crippen molar-refractivity contribution < 1.29 is 14.6 Å². The molecule has 0 saturated carbocycles. The molecule has 1 N–H and O–H groups in total. The van der Waals surface area contributed by atoms with E-state index in [-0.39, 0.29) is 0 Å². The molecule has 0 bridgehead atoms. The van der Waals surface area contributed by atoms with Crippen LogP contribution in [0.25, 0.3) is 0 Å². The summed E-state index contributed by atoms with van der Waals surface area (Å²) in [5.41, 5.74) is 0. The second-order valence-electron chi connectivity index (χ2n) is 2.97. The van der Waals surface area contributed by atoms with Gasteiger partial charge in [0.1, 0.15) is 12.1 Å². The van der Waals surface area contributed by atoms with Gasteiger partial charge in [-0.3, -0.25) is 9.69 Å². The van der Waals surface area contributed by atoms with Crippen molar-refractivity contribution in [1.82, 2.24) is 4.90 Å². The molecule has 2 unspecified atom stereocenters. The van der Waals surface area contributed by atoms with Crippen molar-refractivity contribution in [2.24, 2.45) is 0 Å². The van der Waals surface area contributed by atoms with E-state index < -0.39 is 18.1 Å². The van der Waals surface area contributed by atoms with Gasteiger partial charge < -0.3 is 9.84 Å². The van der Waals surface area contributed by atoms with Crippen molar-refractivity contribution in [2.45, 2.75) is 19.0 Å². The third-order valence-electron chi connectivity index (χ3n) is 2.17. The van der Waals surface area contributed by atoms with Gasteiger partial charge in [-0.15, -0.1) is 0 Å². The zero-order chi connectivity index (χ0) is 9.84. The minimum Gasteiger partial charge on any atom is -0.480 e. The smallest absolute Gasteiger partial charge is 0.320 e. The molecule has 2 atom stereocenters. The Morgan fingerprint density at radius 3 is 3.08 bits per heavy atom. The highest BCUT2D eigenvalue weighted by Crippen LogP contribution is 2.10. The largest absolute Gasteiger partial charge is 0.480 e. The van der Waals surface area contributed by atoms with Crippen molar-refractivity contribution in [3.8, 4) is 6.07 Å². The van der Waals surface area contributed by atoms with Gasteiger partial charge in [0, 0.05) is 6.54 Å². The van der Waals surface area contributed by atoms with E-state index >= 15 is 0 Å². The fourth-order valence-corrected chi connectivity index (χ4v) is 1.33. The van der Waals surface area contributed by atoms with Crippen LogP contribution in [0.2, 0.25) is 0 Å². The molecule has 0 aliphatic carbocycles. The van der Waals surface area contributed by atoms with Crippen LogP contribution in [0.5, 0.6) is 0 Å². The number of ether oxygens (including phenoxy) is 1. The summed E-state index contributed by atoms with van der Waals surface area (Å²) in [6, 6.07) is 0.980. The Morgan fingerprint density at radius 2 is 2.54 bits per heavy atom.